The van der Waals surface area contributed by atoms with E-state index in [0.29, 0.717) is 5.56 Å². The molecule has 2 rings (SSSR count). The SMILES string of the molecule is C=C(C(=O)OC(OCC(F)(F)S(=O)(=O)[O-])(C(=O)OCc1ccccc1)C(F)(F)F)C(F)(F)F.C=C(C(=O)OC(OCC(F)(F)S(=O)(=O)[O-])(C(=O)Oc1ccc(C)cc1)C(F)(F)F)C(F)(F)F. The molecule has 2 unspecified atom stereocenters. The first-order chi connectivity index (χ1) is 29.4. The summed E-state index contributed by atoms with van der Waals surface area (Å²) in [4.78, 5) is 47.5. The van der Waals surface area contributed by atoms with E-state index in [0.717, 1.165) is 12.1 Å². The third-order valence-electron chi connectivity index (χ3n) is 7.00. The van der Waals surface area contributed by atoms with Crippen LogP contribution in [-0.4, -0.2) is 110 Å². The average Bonchev–Trinajstić information content (AvgIpc) is 3.15. The van der Waals surface area contributed by atoms with Crippen LogP contribution in [0.2, 0.25) is 0 Å². The van der Waals surface area contributed by atoms with Gasteiger partial charge in [0.2, 0.25) is 0 Å². The highest BCUT2D eigenvalue weighted by atomic mass is 32.2. The molecule has 0 bridgehead atoms. The predicted octanol–water partition coefficient (Wildman–Crippen LogP) is 5.78. The molecule has 0 saturated carbocycles. The van der Waals surface area contributed by atoms with Gasteiger partial charge in [-0.15, -0.1) is 0 Å². The Morgan fingerprint density at radius 3 is 1.23 bits per heavy atom. The molecule has 0 radical (unpaired) electrons. The van der Waals surface area contributed by atoms with Gasteiger partial charge < -0.3 is 37.5 Å². The summed E-state index contributed by atoms with van der Waals surface area (Å²) < 4.78 is 297. The lowest BCUT2D eigenvalue weighted by Gasteiger charge is -2.33. The molecule has 0 aromatic heterocycles. The van der Waals surface area contributed by atoms with E-state index in [1.807, 2.05) is 0 Å². The third kappa shape index (κ3) is 15.0. The molecule has 0 amide bonds. The number of benzene rings is 2. The minimum Gasteiger partial charge on any atom is -0.743 e. The Morgan fingerprint density at radius 2 is 0.909 bits per heavy atom. The molecule has 0 heterocycles. The number of carbonyl (C=O) groups excluding carboxylic acids is 4. The molecule has 16 nitrogen and oxygen atoms in total. The first kappa shape index (κ1) is 58.4. The Bertz CT molecular complexity index is 2330. The predicted molar refractivity (Wildman–Crippen MR) is 174 cm³/mol. The van der Waals surface area contributed by atoms with Gasteiger partial charge in [-0.25, -0.2) is 36.0 Å². The van der Waals surface area contributed by atoms with Gasteiger partial charge >= 0.3 is 70.7 Å². The smallest absolute Gasteiger partial charge is 0.468 e. The topological polar surface area (TPSA) is 238 Å². The molecule has 0 saturated heterocycles. The zero-order chi connectivity index (χ0) is 51.9. The molecule has 66 heavy (non-hydrogen) atoms. The van der Waals surface area contributed by atoms with Gasteiger partial charge in [0, 0.05) is 0 Å². The van der Waals surface area contributed by atoms with Gasteiger partial charge in [0.25, 0.3) is 0 Å². The van der Waals surface area contributed by atoms with Crippen molar-refractivity contribution in [3.63, 3.8) is 0 Å². The number of carbonyl (C=O) groups is 4. The highest BCUT2D eigenvalue weighted by Crippen LogP contribution is 2.42. The van der Waals surface area contributed by atoms with Crippen molar-refractivity contribution in [1.82, 2.24) is 0 Å². The van der Waals surface area contributed by atoms with Gasteiger partial charge in [-0.05, 0) is 24.6 Å². The fourth-order valence-corrected chi connectivity index (χ4v) is 3.91. The van der Waals surface area contributed by atoms with Crippen molar-refractivity contribution in [3.05, 3.63) is 90.0 Å². The van der Waals surface area contributed by atoms with Crippen LogP contribution in [0.4, 0.5) is 70.2 Å². The normalized spacial score (nSPS) is 14.8. The number of hydrogen-bond acceptors (Lipinski definition) is 16. The van der Waals surface area contributed by atoms with Crippen LogP contribution >= 0.6 is 0 Å². The van der Waals surface area contributed by atoms with Gasteiger partial charge in [0.1, 0.15) is 36.7 Å². The second-order valence-electron chi connectivity index (χ2n) is 12.0. The minimum atomic E-state index is -6.69. The van der Waals surface area contributed by atoms with Crippen molar-refractivity contribution in [2.75, 3.05) is 13.2 Å². The van der Waals surface area contributed by atoms with Crippen molar-refractivity contribution in [1.29, 1.82) is 0 Å². The summed E-state index contributed by atoms with van der Waals surface area (Å²) >= 11 is 0. The second kappa shape index (κ2) is 20.5. The number of esters is 4. The average molecular weight is 1030 g/mol. The maximum Gasteiger partial charge on any atom is 0.468 e. The monoisotopic (exact) mass is 1030 g/mol. The molecule has 0 N–H and O–H groups in total. The lowest BCUT2D eigenvalue weighted by atomic mass is 10.2. The van der Waals surface area contributed by atoms with Crippen LogP contribution in [0, 0.1) is 6.92 Å². The molecule has 0 aliphatic heterocycles. The third-order valence-corrected chi connectivity index (χ3v) is 8.70. The van der Waals surface area contributed by atoms with E-state index in [4.69, 9.17) is 0 Å². The van der Waals surface area contributed by atoms with E-state index in [-0.39, 0.29) is 5.56 Å². The van der Waals surface area contributed by atoms with Crippen LogP contribution < -0.4 is 4.74 Å². The highest BCUT2D eigenvalue weighted by molar-refractivity contribution is 7.87. The van der Waals surface area contributed by atoms with E-state index in [1.54, 1.807) is 0 Å². The standard InChI is InChI=1S/2C16H12F8O8S/c1-8-3-5-10(6-4-8)31-12(26)14(16(22,23)24,30-7-13(17,18)33(27,28)29)32-11(25)9(2)15(19,20)21;1-9(15(19,20)21)11(25)32-14(16(22,23)24,31-8-13(17,18)33(27,28)29)12(26)30-7-10-5-3-2-4-6-10/h3-6H,2,7H2,1H3,(H,27,28,29);2-6H,1,7-8H2,(H,27,28,29)/p-2. The number of aryl methyl sites for hydroxylation is 1. The maximum absolute atomic E-state index is 13.7. The van der Waals surface area contributed by atoms with Crippen molar-refractivity contribution in [3.8, 4) is 5.75 Å². The summed E-state index contributed by atoms with van der Waals surface area (Å²) in [7, 11) is -13.4. The van der Waals surface area contributed by atoms with Crippen molar-refractivity contribution >= 4 is 44.1 Å². The summed E-state index contributed by atoms with van der Waals surface area (Å²) in [6.07, 6.45) is -24.2. The van der Waals surface area contributed by atoms with Crippen LogP contribution in [0.3, 0.4) is 0 Å². The van der Waals surface area contributed by atoms with Crippen molar-refractivity contribution in [2.24, 2.45) is 0 Å². The number of rotatable bonds is 17. The molecule has 0 fully saturated rings. The van der Waals surface area contributed by atoms with Gasteiger partial charge in [-0.1, -0.05) is 61.2 Å². The Kier molecular flexibility index (Phi) is 18.2. The van der Waals surface area contributed by atoms with Gasteiger partial charge in [-0.3, -0.25) is 0 Å². The summed E-state index contributed by atoms with van der Waals surface area (Å²) in [6, 6.07) is 10.5. The summed E-state index contributed by atoms with van der Waals surface area (Å²) in [5, 5.41) is -11.3. The highest BCUT2D eigenvalue weighted by Gasteiger charge is 2.71. The lowest BCUT2D eigenvalue weighted by Crippen LogP contribution is -2.60. The molecule has 2 aromatic carbocycles. The van der Waals surface area contributed by atoms with E-state index in [1.165, 1.54) is 49.4 Å². The molecule has 34 heteroatoms. The molecule has 0 aliphatic carbocycles. The molecule has 0 aliphatic rings. The van der Waals surface area contributed by atoms with Crippen molar-refractivity contribution in [2.45, 2.75) is 60.3 Å². The van der Waals surface area contributed by atoms with E-state index in [2.05, 4.69) is 41.6 Å². The van der Waals surface area contributed by atoms with Crippen molar-refractivity contribution < 1.29 is 144 Å². The first-order valence-corrected chi connectivity index (χ1v) is 18.8. The number of halogens is 16. The van der Waals surface area contributed by atoms with Gasteiger partial charge in [-0.2, -0.15) is 70.2 Å². The number of alkyl halides is 16. The molecular formula is C32H22F16O16S2-2. The van der Waals surface area contributed by atoms with Gasteiger partial charge in [0.05, 0.1) is 0 Å². The Hall–Kier alpha value is -5.58. The zero-order valence-electron chi connectivity index (χ0n) is 31.6. The molecular weight excluding hydrogens is 1010 g/mol. The largest absolute Gasteiger partial charge is 0.743 e. The quantitative estimate of drug-likeness (QED) is 0.0347. The summed E-state index contributed by atoms with van der Waals surface area (Å²) in [5.41, 5.74) is -4.76. The minimum absolute atomic E-state index is 0.0135. The van der Waals surface area contributed by atoms with Gasteiger partial charge in [0.15, 0.2) is 20.2 Å². The molecule has 2 atom stereocenters. The second-order valence-corrected chi connectivity index (χ2v) is 15.0. The van der Waals surface area contributed by atoms with E-state index < -0.39 is 128 Å². The molecule has 0 spiro atoms. The first-order valence-electron chi connectivity index (χ1n) is 16.0. The fourth-order valence-electron chi connectivity index (χ4n) is 3.50. The Balaban J connectivity index is 0.000000660. The summed E-state index contributed by atoms with van der Waals surface area (Å²) in [5.74, 6) is -23.2. The zero-order valence-corrected chi connectivity index (χ0v) is 33.3. The van der Waals surface area contributed by atoms with Crippen LogP contribution in [0.5, 0.6) is 5.75 Å². The van der Waals surface area contributed by atoms with Crippen LogP contribution in [-0.2, 0) is 69.7 Å². The fraction of sp³-hybridized carbons (Fsp3) is 0.375. The van der Waals surface area contributed by atoms with E-state index in [9.17, 15) is 115 Å². The maximum atomic E-state index is 13.7. The lowest BCUT2D eigenvalue weighted by molar-refractivity contribution is -0.361. The van der Waals surface area contributed by atoms with Crippen LogP contribution in [0.1, 0.15) is 11.1 Å². The van der Waals surface area contributed by atoms with E-state index >= 15 is 0 Å². The molecule has 2 aromatic rings. The Labute approximate surface area is 357 Å². The number of ether oxygens (including phenoxy) is 6. The molecule has 372 valence electrons. The summed E-state index contributed by atoms with van der Waals surface area (Å²) in [6.45, 7) is -1.42. The van der Waals surface area contributed by atoms with Crippen LogP contribution in [0.25, 0.3) is 0 Å². The van der Waals surface area contributed by atoms with Crippen LogP contribution in [0.15, 0.2) is 78.9 Å². The Morgan fingerprint density at radius 1 is 0.561 bits per heavy atom. The number of hydrogen-bond donors (Lipinski definition) is 0.